The third-order valence-corrected chi connectivity index (χ3v) is 7.46. The Morgan fingerprint density at radius 3 is 2.61 bits per heavy atom. The molecule has 1 heterocycles. The first-order valence-electron chi connectivity index (χ1n) is 13.4. The molecule has 2 atom stereocenters. The lowest BCUT2D eigenvalue weighted by Gasteiger charge is -2.30. The van der Waals surface area contributed by atoms with Gasteiger partial charge in [-0.05, 0) is 60.9 Å². The highest BCUT2D eigenvalue weighted by molar-refractivity contribution is 5.98. The minimum Gasteiger partial charge on any atom is -0.370 e. The smallest absolute Gasteiger partial charge is 0.251 e. The van der Waals surface area contributed by atoms with Crippen molar-refractivity contribution in [3.05, 3.63) is 48.0 Å². The zero-order valence-electron chi connectivity index (χ0n) is 21.1. The normalized spacial score (nSPS) is 21.2. The molecule has 8 nitrogen and oxygen atoms in total. The fourth-order valence-corrected chi connectivity index (χ4v) is 5.46. The number of nitrogens with zero attached hydrogens (tertiary/aromatic N) is 2. The number of guanidine groups is 1. The molecule has 0 aromatic heterocycles. The van der Waals surface area contributed by atoms with Gasteiger partial charge in [0.15, 0.2) is 5.96 Å². The summed E-state index contributed by atoms with van der Waals surface area (Å²) in [6.45, 7) is 2.52. The number of rotatable bonds is 9. The Kier molecular flexibility index (Phi) is 9.17. The molecule has 2 aromatic rings. The molecule has 8 heteroatoms. The van der Waals surface area contributed by atoms with E-state index in [-0.39, 0.29) is 29.9 Å². The Bertz CT molecular complexity index is 1060. The third kappa shape index (κ3) is 7.20. The molecule has 36 heavy (non-hydrogen) atoms. The van der Waals surface area contributed by atoms with Crippen LogP contribution in [0.5, 0.6) is 0 Å². The fraction of sp³-hybridized carbons (Fsp3) is 0.536. The van der Waals surface area contributed by atoms with Gasteiger partial charge in [0.05, 0.1) is 6.04 Å². The zero-order chi connectivity index (χ0) is 25.3. The largest absolute Gasteiger partial charge is 0.370 e. The molecular weight excluding hydrogens is 452 g/mol. The fourth-order valence-electron chi connectivity index (χ4n) is 5.46. The molecule has 2 aromatic carbocycles. The highest BCUT2D eigenvalue weighted by Crippen LogP contribution is 2.25. The van der Waals surface area contributed by atoms with Crippen LogP contribution in [0.4, 0.5) is 0 Å². The van der Waals surface area contributed by atoms with Gasteiger partial charge >= 0.3 is 0 Å². The van der Waals surface area contributed by atoms with E-state index in [9.17, 15) is 9.59 Å². The second-order valence-electron chi connectivity index (χ2n) is 10.2. The van der Waals surface area contributed by atoms with E-state index in [0.717, 1.165) is 30.2 Å². The number of hydrogen-bond acceptors (Lipinski definition) is 4. The van der Waals surface area contributed by atoms with Crippen LogP contribution in [0.1, 0.15) is 61.7 Å². The van der Waals surface area contributed by atoms with Gasteiger partial charge in [-0.25, -0.2) is 0 Å². The molecule has 194 valence electrons. The van der Waals surface area contributed by atoms with Crippen molar-refractivity contribution in [2.75, 3.05) is 26.2 Å². The van der Waals surface area contributed by atoms with Crippen LogP contribution < -0.4 is 22.1 Å². The van der Waals surface area contributed by atoms with Crippen molar-refractivity contribution in [3.8, 4) is 0 Å². The van der Waals surface area contributed by atoms with Crippen molar-refractivity contribution in [2.24, 2.45) is 22.4 Å². The summed E-state index contributed by atoms with van der Waals surface area (Å²) in [4.78, 5) is 32.5. The van der Waals surface area contributed by atoms with Gasteiger partial charge in [-0.2, -0.15) is 0 Å². The Hall–Kier alpha value is -3.13. The van der Waals surface area contributed by atoms with Crippen molar-refractivity contribution in [3.63, 3.8) is 0 Å². The molecular formula is C28H40N6O2. The highest BCUT2D eigenvalue weighted by atomic mass is 16.2. The van der Waals surface area contributed by atoms with E-state index >= 15 is 0 Å². The first kappa shape index (κ1) is 25.9. The van der Waals surface area contributed by atoms with Crippen molar-refractivity contribution < 1.29 is 9.59 Å². The summed E-state index contributed by atoms with van der Waals surface area (Å²) in [6.07, 6.45) is 8.42. The van der Waals surface area contributed by atoms with Gasteiger partial charge in [0, 0.05) is 37.8 Å². The van der Waals surface area contributed by atoms with Crippen LogP contribution in [0, 0.1) is 5.92 Å². The van der Waals surface area contributed by atoms with Gasteiger partial charge in [0.2, 0.25) is 5.91 Å². The van der Waals surface area contributed by atoms with E-state index in [1.54, 1.807) is 0 Å². The second-order valence-corrected chi connectivity index (χ2v) is 10.2. The maximum absolute atomic E-state index is 13.5. The molecule has 2 fully saturated rings. The SMILES string of the molecule is NC(N)=NCCC[C@H]1N[C@H](CNC(=O)c2ccc3ccccc3c2)CCN(CC2CCCCC2)C1=O. The minimum atomic E-state index is -0.298. The van der Waals surface area contributed by atoms with Crippen LogP contribution in [0.2, 0.25) is 0 Å². The molecule has 1 saturated carbocycles. The first-order chi connectivity index (χ1) is 17.5. The Morgan fingerprint density at radius 1 is 1.06 bits per heavy atom. The molecule has 1 saturated heterocycles. The topological polar surface area (TPSA) is 126 Å². The summed E-state index contributed by atoms with van der Waals surface area (Å²) in [5.74, 6) is 0.729. The van der Waals surface area contributed by atoms with Crippen molar-refractivity contribution in [1.82, 2.24) is 15.5 Å². The molecule has 1 aliphatic heterocycles. The van der Waals surface area contributed by atoms with Gasteiger partial charge in [-0.15, -0.1) is 0 Å². The lowest BCUT2D eigenvalue weighted by molar-refractivity contribution is -0.133. The van der Waals surface area contributed by atoms with Gasteiger partial charge in [0.25, 0.3) is 5.91 Å². The number of carbonyl (C=O) groups is 2. The van der Waals surface area contributed by atoms with E-state index in [2.05, 4.69) is 20.5 Å². The maximum Gasteiger partial charge on any atom is 0.251 e. The number of amides is 2. The van der Waals surface area contributed by atoms with Crippen LogP contribution in [0.15, 0.2) is 47.5 Å². The van der Waals surface area contributed by atoms with Gasteiger partial charge in [0.1, 0.15) is 0 Å². The third-order valence-electron chi connectivity index (χ3n) is 7.46. The first-order valence-corrected chi connectivity index (χ1v) is 13.4. The molecule has 6 N–H and O–H groups in total. The summed E-state index contributed by atoms with van der Waals surface area (Å²) >= 11 is 0. The zero-order valence-corrected chi connectivity index (χ0v) is 21.1. The van der Waals surface area contributed by atoms with E-state index < -0.39 is 0 Å². The number of nitrogens with one attached hydrogen (secondary N) is 2. The number of fused-ring (bicyclic) bond motifs is 1. The molecule has 0 bridgehead atoms. The van der Waals surface area contributed by atoms with Crippen LogP contribution >= 0.6 is 0 Å². The van der Waals surface area contributed by atoms with E-state index in [0.29, 0.717) is 37.5 Å². The van der Waals surface area contributed by atoms with E-state index in [1.807, 2.05) is 42.5 Å². The van der Waals surface area contributed by atoms with Crippen LogP contribution in [0.25, 0.3) is 10.8 Å². The van der Waals surface area contributed by atoms with Gasteiger partial charge < -0.3 is 27.0 Å². The standard InChI is InChI=1S/C28H40N6O2/c29-28(30)31-15-6-11-25-27(36)34(19-20-7-2-1-3-8-20)16-14-24(33-25)18-32-26(35)23-13-12-21-9-4-5-10-22(21)17-23/h4-5,9-10,12-13,17,20,24-25,33H,1-3,6-8,11,14-16,18-19H2,(H,32,35)(H4,29,30,31)/t24-,25+/m0/s1. The van der Waals surface area contributed by atoms with Crippen LogP contribution in [0.3, 0.4) is 0 Å². The molecule has 1 aliphatic carbocycles. The van der Waals surface area contributed by atoms with E-state index in [4.69, 9.17) is 11.5 Å². The number of benzene rings is 2. The summed E-state index contributed by atoms with van der Waals surface area (Å²) < 4.78 is 0. The quantitative estimate of drug-likeness (QED) is 0.243. The molecule has 0 spiro atoms. The lowest BCUT2D eigenvalue weighted by atomic mass is 9.89. The number of aliphatic imine (C=N–C) groups is 1. The lowest BCUT2D eigenvalue weighted by Crippen LogP contribution is -2.49. The van der Waals surface area contributed by atoms with E-state index in [1.165, 1.54) is 32.1 Å². The van der Waals surface area contributed by atoms with Crippen molar-refractivity contribution >= 4 is 28.5 Å². The maximum atomic E-state index is 13.5. The predicted octanol–water partition coefficient (Wildman–Crippen LogP) is 2.76. The number of carbonyl (C=O) groups excluding carboxylic acids is 2. The molecule has 4 rings (SSSR count). The monoisotopic (exact) mass is 492 g/mol. The number of nitrogens with two attached hydrogens (primary N) is 2. The highest BCUT2D eigenvalue weighted by Gasteiger charge is 2.32. The molecule has 2 amide bonds. The molecule has 0 unspecified atom stereocenters. The van der Waals surface area contributed by atoms with Crippen molar-refractivity contribution in [1.29, 1.82) is 0 Å². The van der Waals surface area contributed by atoms with Gasteiger partial charge in [-0.1, -0.05) is 49.6 Å². The Labute approximate surface area is 213 Å². The predicted molar refractivity (Wildman–Crippen MR) is 145 cm³/mol. The van der Waals surface area contributed by atoms with Crippen molar-refractivity contribution in [2.45, 2.75) is 63.5 Å². The Morgan fingerprint density at radius 2 is 1.83 bits per heavy atom. The average Bonchev–Trinajstić information content (AvgIpc) is 3.04. The molecule has 0 radical (unpaired) electrons. The summed E-state index contributed by atoms with van der Waals surface area (Å²) in [7, 11) is 0. The summed E-state index contributed by atoms with van der Waals surface area (Å²) in [6, 6.07) is 13.5. The van der Waals surface area contributed by atoms with Crippen LogP contribution in [-0.4, -0.2) is 60.9 Å². The second kappa shape index (κ2) is 12.7. The number of hydrogen-bond donors (Lipinski definition) is 4. The molecule has 2 aliphatic rings. The Balaban J connectivity index is 1.38. The van der Waals surface area contributed by atoms with Gasteiger partial charge in [-0.3, -0.25) is 14.6 Å². The van der Waals surface area contributed by atoms with Crippen LogP contribution in [-0.2, 0) is 4.79 Å². The minimum absolute atomic E-state index is 0.0165. The summed E-state index contributed by atoms with van der Waals surface area (Å²) in [5, 5.41) is 8.78. The summed E-state index contributed by atoms with van der Waals surface area (Å²) in [5.41, 5.74) is 11.6. The average molecular weight is 493 g/mol.